The summed E-state index contributed by atoms with van der Waals surface area (Å²) >= 11 is 12.2. The first-order chi connectivity index (χ1) is 15.6. The maximum Gasteiger partial charge on any atom is 0.433 e. The van der Waals surface area contributed by atoms with Gasteiger partial charge in [-0.1, -0.05) is 53.5 Å². The number of alkyl halides is 3. The average Bonchev–Trinajstić information content (AvgIpc) is 3.11. The standard InChI is InChI=1S/C20H10Cl2F3N5O3/c21-12-8-11(30(32)33)6-7-13(12)27-19(31)17-16(22)18-26-14(10-4-2-1-3-5-10)9-15(20(23,24)25)29(18)28-17/h1-9H,(H,27,31). The molecule has 0 unspecified atom stereocenters. The first-order valence-corrected chi connectivity index (χ1v) is 9.79. The average molecular weight is 496 g/mol. The third kappa shape index (κ3) is 4.32. The van der Waals surface area contributed by atoms with Crippen LogP contribution in [0.4, 0.5) is 24.5 Å². The van der Waals surface area contributed by atoms with Gasteiger partial charge >= 0.3 is 6.18 Å². The van der Waals surface area contributed by atoms with Gasteiger partial charge in [0, 0.05) is 17.7 Å². The quantitative estimate of drug-likeness (QED) is 0.281. The minimum atomic E-state index is -4.82. The van der Waals surface area contributed by atoms with E-state index in [0.717, 1.165) is 18.2 Å². The van der Waals surface area contributed by atoms with Gasteiger partial charge in [0.15, 0.2) is 17.0 Å². The molecule has 0 radical (unpaired) electrons. The largest absolute Gasteiger partial charge is 0.433 e. The van der Waals surface area contributed by atoms with Gasteiger partial charge in [-0.25, -0.2) is 9.50 Å². The number of nitro benzene ring substituents is 1. The number of fused-ring (bicyclic) bond motifs is 1. The Hall–Kier alpha value is -3.70. The molecule has 0 bridgehead atoms. The highest BCUT2D eigenvalue weighted by molar-refractivity contribution is 6.37. The van der Waals surface area contributed by atoms with E-state index >= 15 is 0 Å². The number of non-ortho nitro benzene ring substituents is 1. The number of aromatic nitrogens is 3. The van der Waals surface area contributed by atoms with Crippen molar-refractivity contribution in [1.29, 1.82) is 0 Å². The van der Waals surface area contributed by atoms with Gasteiger partial charge in [0.05, 0.1) is 21.3 Å². The zero-order chi connectivity index (χ0) is 23.9. The molecule has 0 fully saturated rings. The maximum absolute atomic E-state index is 13.8. The van der Waals surface area contributed by atoms with E-state index in [9.17, 15) is 28.1 Å². The van der Waals surface area contributed by atoms with Crippen molar-refractivity contribution in [3.63, 3.8) is 0 Å². The second-order valence-corrected chi connectivity index (χ2v) is 7.45. The van der Waals surface area contributed by atoms with Crippen molar-refractivity contribution >= 4 is 46.1 Å². The fourth-order valence-electron chi connectivity index (χ4n) is 3.00. The molecule has 33 heavy (non-hydrogen) atoms. The molecule has 4 aromatic rings. The summed E-state index contributed by atoms with van der Waals surface area (Å²) in [5.74, 6) is -0.976. The summed E-state index contributed by atoms with van der Waals surface area (Å²) in [6.07, 6.45) is -4.82. The minimum Gasteiger partial charge on any atom is -0.319 e. The van der Waals surface area contributed by atoms with Gasteiger partial charge in [-0.2, -0.15) is 18.3 Å². The Morgan fingerprint density at radius 1 is 1.09 bits per heavy atom. The highest BCUT2D eigenvalue weighted by atomic mass is 35.5. The molecule has 0 atom stereocenters. The molecule has 4 rings (SSSR count). The zero-order valence-electron chi connectivity index (χ0n) is 16.1. The first kappa shape index (κ1) is 22.5. The van der Waals surface area contributed by atoms with Gasteiger partial charge in [0.2, 0.25) is 0 Å². The molecule has 2 heterocycles. The summed E-state index contributed by atoms with van der Waals surface area (Å²) in [6, 6.07) is 12.2. The minimum absolute atomic E-state index is 0.0115. The van der Waals surface area contributed by atoms with Crippen molar-refractivity contribution in [1.82, 2.24) is 14.6 Å². The predicted molar refractivity (Wildman–Crippen MR) is 114 cm³/mol. The Morgan fingerprint density at radius 3 is 2.39 bits per heavy atom. The van der Waals surface area contributed by atoms with Crippen LogP contribution in [0.15, 0.2) is 54.6 Å². The molecular weight excluding hydrogens is 486 g/mol. The van der Waals surface area contributed by atoms with E-state index < -0.39 is 33.4 Å². The molecule has 8 nitrogen and oxygen atoms in total. The summed E-state index contributed by atoms with van der Waals surface area (Å²) in [5.41, 5.74) is -2.01. The SMILES string of the molecule is O=C(Nc1ccc([N+](=O)[O-])cc1Cl)c1nn2c(C(F)(F)F)cc(-c3ccccc3)nc2c1Cl. The van der Waals surface area contributed by atoms with Crippen LogP contribution in [-0.4, -0.2) is 25.4 Å². The molecular formula is C20H10Cl2F3N5O3. The van der Waals surface area contributed by atoms with Crippen LogP contribution in [0.3, 0.4) is 0 Å². The number of halogens is 5. The third-order valence-electron chi connectivity index (χ3n) is 4.52. The van der Waals surface area contributed by atoms with E-state index in [2.05, 4.69) is 15.4 Å². The van der Waals surface area contributed by atoms with E-state index in [1.807, 2.05) is 0 Å². The molecule has 2 aromatic heterocycles. The molecule has 0 aliphatic rings. The lowest BCUT2D eigenvalue weighted by molar-refractivity contribution is -0.384. The molecule has 1 amide bonds. The smallest absolute Gasteiger partial charge is 0.319 e. The van der Waals surface area contributed by atoms with Crippen molar-refractivity contribution in [2.45, 2.75) is 6.18 Å². The molecule has 1 N–H and O–H groups in total. The summed E-state index contributed by atoms with van der Waals surface area (Å²) in [7, 11) is 0. The molecule has 2 aromatic carbocycles. The van der Waals surface area contributed by atoms with E-state index in [1.54, 1.807) is 30.3 Å². The van der Waals surface area contributed by atoms with Gasteiger partial charge in [0.1, 0.15) is 5.02 Å². The number of anilines is 1. The fourth-order valence-corrected chi connectivity index (χ4v) is 3.46. The number of hydrogen-bond acceptors (Lipinski definition) is 5. The normalized spacial score (nSPS) is 11.5. The van der Waals surface area contributed by atoms with Crippen molar-refractivity contribution < 1.29 is 22.9 Å². The summed E-state index contributed by atoms with van der Waals surface area (Å²) in [5, 5.41) is 16.3. The molecule has 0 spiro atoms. The van der Waals surface area contributed by atoms with Crippen LogP contribution in [0.5, 0.6) is 0 Å². The lowest BCUT2D eigenvalue weighted by Crippen LogP contribution is -2.16. The fraction of sp³-hybridized carbons (Fsp3) is 0.0500. The highest BCUT2D eigenvalue weighted by Gasteiger charge is 2.36. The summed E-state index contributed by atoms with van der Waals surface area (Å²) in [6.45, 7) is 0. The lowest BCUT2D eigenvalue weighted by Gasteiger charge is -2.11. The first-order valence-electron chi connectivity index (χ1n) is 9.03. The molecule has 0 saturated heterocycles. The second kappa shape index (κ2) is 8.34. The van der Waals surface area contributed by atoms with Crippen LogP contribution in [0, 0.1) is 10.1 Å². The van der Waals surface area contributed by atoms with Crippen LogP contribution < -0.4 is 5.32 Å². The van der Waals surface area contributed by atoms with Crippen LogP contribution in [-0.2, 0) is 6.18 Å². The Balaban J connectivity index is 1.80. The molecule has 0 aliphatic heterocycles. The van der Waals surface area contributed by atoms with E-state index in [1.165, 1.54) is 6.07 Å². The monoisotopic (exact) mass is 495 g/mol. The second-order valence-electron chi connectivity index (χ2n) is 6.66. The van der Waals surface area contributed by atoms with Crippen molar-refractivity contribution in [2.24, 2.45) is 0 Å². The Bertz CT molecular complexity index is 1410. The third-order valence-corrected chi connectivity index (χ3v) is 5.18. The maximum atomic E-state index is 13.8. The molecule has 13 heteroatoms. The van der Waals surface area contributed by atoms with E-state index in [4.69, 9.17) is 23.2 Å². The number of nitrogens with one attached hydrogen (secondary N) is 1. The van der Waals surface area contributed by atoms with Gasteiger partial charge in [-0.05, 0) is 12.1 Å². The van der Waals surface area contributed by atoms with Gasteiger partial charge < -0.3 is 5.32 Å². The predicted octanol–water partition coefficient (Wildman–Crippen LogP) is 5.88. The number of carbonyl (C=O) groups is 1. The number of benzene rings is 2. The van der Waals surface area contributed by atoms with Crippen molar-refractivity contribution in [3.05, 3.63) is 86.1 Å². The molecule has 0 saturated carbocycles. The van der Waals surface area contributed by atoms with Gasteiger partial charge in [-0.3, -0.25) is 14.9 Å². The Labute approximate surface area is 192 Å². The summed E-state index contributed by atoms with van der Waals surface area (Å²) in [4.78, 5) is 27.0. The lowest BCUT2D eigenvalue weighted by atomic mass is 10.1. The number of nitro groups is 1. The summed E-state index contributed by atoms with van der Waals surface area (Å²) < 4.78 is 41.7. The number of amides is 1. The van der Waals surface area contributed by atoms with Crippen LogP contribution in [0.1, 0.15) is 16.2 Å². The molecule has 168 valence electrons. The van der Waals surface area contributed by atoms with E-state index in [-0.39, 0.29) is 27.7 Å². The Kier molecular flexibility index (Phi) is 5.68. The topological polar surface area (TPSA) is 102 Å². The molecule has 0 aliphatic carbocycles. The van der Waals surface area contributed by atoms with Crippen LogP contribution >= 0.6 is 23.2 Å². The number of nitrogens with zero attached hydrogens (tertiary/aromatic N) is 4. The van der Waals surface area contributed by atoms with Crippen molar-refractivity contribution in [2.75, 3.05) is 5.32 Å². The number of hydrogen-bond donors (Lipinski definition) is 1. The number of rotatable bonds is 4. The number of carbonyl (C=O) groups excluding carboxylic acids is 1. The van der Waals surface area contributed by atoms with Crippen LogP contribution in [0.2, 0.25) is 10.0 Å². The Morgan fingerprint density at radius 2 is 1.79 bits per heavy atom. The zero-order valence-corrected chi connectivity index (χ0v) is 17.6. The van der Waals surface area contributed by atoms with Gasteiger partial charge in [-0.15, -0.1) is 0 Å². The van der Waals surface area contributed by atoms with Crippen molar-refractivity contribution in [3.8, 4) is 11.3 Å². The van der Waals surface area contributed by atoms with Gasteiger partial charge in [0.25, 0.3) is 11.6 Å². The highest BCUT2D eigenvalue weighted by Crippen LogP contribution is 2.35. The van der Waals surface area contributed by atoms with Crippen LogP contribution in [0.25, 0.3) is 16.9 Å². The van der Waals surface area contributed by atoms with E-state index in [0.29, 0.717) is 10.1 Å².